The van der Waals surface area contributed by atoms with E-state index < -0.39 is 29.2 Å². The first kappa shape index (κ1) is 16.3. The quantitative estimate of drug-likeness (QED) is 0.898. The summed E-state index contributed by atoms with van der Waals surface area (Å²) in [7, 11) is 0. The van der Waals surface area contributed by atoms with Gasteiger partial charge in [0.05, 0.1) is 5.56 Å². The highest BCUT2D eigenvalue weighted by atomic mass is 19.4. The molecule has 1 aliphatic carbocycles. The SMILES string of the molecule is O=C(NC1(C(=O)O)CCCCC1)c1ccc(C(F)(F)F)cn1. The molecule has 1 amide bonds. The van der Waals surface area contributed by atoms with Crippen molar-refractivity contribution in [3.63, 3.8) is 0 Å². The topological polar surface area (TPSA) is 79.3 Å². The van der Waals surface area contributed by atoms with E-state index in [1.807, 2.05) is 0 Å². The number of aliphatic carboxylic acids is 1. The summed E-state index contributed by atoms with van der Waals surface area (Å²) in [6.45, 7) is 0. The van der Waals surface area contributed by atoms with Gasteiger partial charge in [-0.2, -0.15) is 13.2 Å². The molecule has 0 atom stereocenters. The van der Waals surface area contributed by atoms with Gasteiger partial charge in [-0.05, 0) is 25.0 Å². The van der Waals surface area contributed by atoms with Gasteiger partial charge in [0.25, 0.3) is 5.91 Å². The molecule has 120 valence electrons. The summed E-state index contributed by atoms with van der Waals surface area (Å²) in [4.78, 5) is 27.0. The van der Waals surface area contributed by atoms with Crippen LogP contribution in [0.15, 0.2) is 18.3 Å². The van der Waals surface area contributed by atoms with E-state index in [0.717, 1.165) is 18.6 Å². The third-order valence-electron chi connectivity index (χ3n) is 3.79. The summed E-state index contributed by atoms with van der Waals surface area (Å²) in [6.07, 6.45) is -1.14. The fourth-order valence-electron chi connectivity index (χ4n) is 2.52. The molecule has 0 aliphatic heterocycles. The first-order valence-corrected chi connectivity index (χ1v) is 6.84. The molecule has 1 aromatic heterocycles. The highest BCUT2D eigenvalue weighted by Gasteiger charge is 2.41. The smallest absolute Gasteiger partial charge is 0.417 e. The van der Waals surface area contributed by atoms with Crippen molar-refractivity contribution in [3.8, 4) is 0 Å². The lowest BCUT2D eigenvalue weighted by molar-refractivity contribution is -0.146. The van der Waals surface area contributed by atoms with Crippen molar-refractivity contribution in [2.75, 3.05) is 0 Å². The van der Waals surface area contributed by atoms with Crippen LogP contribution in [0.5, 0.6) is 0 Å². The fourth-order valence-corrected chi connectivity index (χ4v) is 2.52. The lowest BCUT2D eigenvalue weighted by Gasteiger charge is -2.33. The number of alkyl halides is 3. The molecule has 22 heavy (non-hydrogen) atoms. The largest absolute Gasteiger partial charge is 0.480 e. The van der Waals surface area contributed by atoms with Gasteiger partial charge >= 0.3 is 12.1 Å². The molecule has 0 spiro atoms. The molecule has 5 nitrogen and oxygen atoms in total. The Morgan fingerprint density at radius 3 is 2.27 bits per heavy atom. The van der Waals surface area contributed by atoms with Crippen molar-refractivity contribution in [1.29, 1.82) is 0 Å². The van der Waals surface area contributed by atoms with Crippen LogP contribution in [-0.4, -0.2) is 27.5 Å². The summed E-state index contributed by atoms with van der Waals surface area (Å²) in [5.41, 5.74) is -2.56. The maximum Gasteiger partial charge on any atom is 0.417 e. The Morgan fingerprint density at radius 2 is 1.82 bits per heavy atom. The van der Waals surface area contributed by atoms with Crippen LogP contribution in [0.4, 0.5) is 13.2 Å². The molecule has 2 N–H and O–H groups in total. The van der Waals surface area contributed by atoms with Crippen LogP contribution in [0, 0.1) is 0 Å². The molecule has 0 unspecified atom stereocenters. The van der Waals surface area contributed by atoms with Gasteiger partial charge in [0.15, 0.2) is 0 Å². The van der Waals surface area contributed by atoms with Gasteiger partial charge in [-0.15, -0.1) is 0 Å². The van der Waals surface area contributed by atoms with Gasteiger partial charge in [-0.1, -0.05) is 19.3 Å². The molecule has 2 rings (SSSR count). The zero-order valence-electron chi connectivity index (χ0n) is 11.6. The lowest BCUT2D eigenvalue weighted by atomic mass is 9.81. The molecule has 0 saturated heterocycles. The number of amides is 1. The second kappa shape index (κ2) is 5.94. The van der Waals surface area contributed by atoms with Gasteiger partial charge in [-0.3, -0.25) is 9.78 Å². The van der Waals surface area contributed by atoms with Crippen LogP contribution in [0.3, 0.4) is 0 Å². The highest BCUT2D eigenvalue weighted by Crippen LogP contribution is 2.30. The third kappa shape index (κ3) is 3.37. The van der Waals surface area contributed by atoms with Crippen LogP contribution < -0.4 is 5.32 Å². The molecule has 0 bridgehead atoms. The molecule has 1 fully saturated rings. The molecule has 1 saturated carbocycles. The number of hydrogen-bond acceptors (Lipinski definition) is 3. The molecule has 1 aromatic rings. The van der Waals surface area contributed by atoms with Crippen molar-refractivity contribution >= 4 is 11.9 Å². The van der Waals surface area contributed by atoms with Gasteiger partial charge < -0.3 is 10.4 Å². The predicted octanol–water partition coefficient (Wildman–Crippen LogP) is 2.62. The zero-order valence-corrected chi connectivity index (χ0v) is 11.6. The van der Waals surface area contributed by atoms with Gasteiger partial charge in [0, 0.05) is 6.20 Å². The van der Waals surface area contributed by atoms with E-state index in [1.165, 1.54) is 0 Å². The predicted molar refractivity (Wildman–Crippen MR) is 70.2 cm³/mol. The molecule has 1 heterocycles. The van der Waals surface area contributed by atoms with Crippen molar-refractivity contribution < 1.29 is 27.9 Å². The van der Waals surface area contributed by atoms with Crippen molar-refractivity contribution in [3.05, 3.63) is 29.6 Å². The van der Waals surface area contributed by atoms with Gasteiger partial charge in [0.1, 0.15) is 11.2 Å². The maximum absolute atomic E-state index is 12.4. The maximum atomic E-state index is 12.4. The first-order valence-electron chi connectivity index (χ1n) is 6.84. The van der Waals surface area contributed by atoms with E-state index >= 15 is 0 Å². The third-order valence-corrected chi connectivity index (χ3v) is 3.79. The Morgan fingerprint density at radius 1 is 1.18 bits per heavy atom. The monoisotopic (exact) mass is 316 g/mol. The fraction of sp³-hybridized carbons (Fsp3) is 0.500. The van der Waals surface area contributed by atoms with E-state index in [2.05, 4.69) is 10.3 Å². The number of halogens is 3. The number of aromatic nitrogens is 1. The van der Waals surface area contributed by atoms with Crippen molar-refractivity contribution in [2.24, 2.45) is 0 Å². The van der Waals surface area contributed by atoms with Crippen LogP contribution in [0.25, 0.3) is 0 Å². The standard InChI is InChI=1S/C14H15F3N2O3/c15-14(16,17)9-4-5-10(18-8-9)11(20)19-13(12(21)22)6-2-1-3-7-13/h4-5,8H,1-3,6-7H2,(H,19,20)(H,21,22). The molecular weight excluding hydrogens is 301 g/mol. The van der Waals surface area contributed by atoms with Crippen LogP contribution in [-0.2, 0) is 11.0 Å². The summed E-state index contributed by atoms with van der Waals surface area (Å²) >= 11 is 0. The second-order valence-electron chi connectivity index (χ2n) is 5.33. The number of hydrogen-bond donors (Lipinski definition) is 2. The molecule has 0 radical (unpaired) electrons. The van der Waals surface area contributed by atoms with E-state index in [4.69, 9.17) is 0 Å². The normalized spacial score (nSPS) is 17.8. The van der Waals surface area contributed by atoms with Crippen LogP contribution in [0.2, 0.25) is 0 Å². The zero-order chi connectivity index (χ0) is 16.4. The number of rotatable bonds is 3. The summed E-state index contributed by atoms with van der Waals surface area (Å²) in [5.74, 6) is -1.91. The minimum Gasteiger partial charge on any atom is -0.480 e. The number of carbonyl (C=O) groups is 2. The molecule has 0 aromatic carbocycles. The Balaban J connectivity index is 2.15. The van der Waals surface area contributed by atoms with E-state index in [-0.39, 0.29) is 5.69 Å². The average Bonchev–Trinajstić information content (AvgIpc) is 2.47. The van der Waals surface area contributed by atoms with E-state index in [1.54, 1.807) is 0 Å². The number of nitrogens with zero attached hydrogens (tertiary/aromatic N) is 1. The minimum atomic E-state index is -4.53. The Hall–Kier alpha value is -2.12. The summed E-state index contributed by atoms with van der Waals surface area (Å²) in [5, 5.41) is 11.8. The first-order chi connectivity index (χ1) is 10.2. The van der Waals surface area contributed by atoms with Gasteiger partial charge in [-0.25, -0.2) is 4.79 Å². The van der Waals surface area contributed by atoms with Crippen molar-refractivity contribution in [2.45, 2.75) is 43.8 Å². The molecule has 1 aliphatic rings. The number of pyridine rings is 1. The van der Waals surface area contributed by atoms with Crippen molar-refractivity contribution in [1.82, 2.24) is 10.3 Å². The minimum absolute atomic E-state index is 0.237. The molecule has 8 heteroatoms. The Kier molecular flexibility index (Phi) is 4.39. The van der Waals surface area contributed by atoms with Crippen LogP contribution in [0.1, 0.15) is 48.2 Å². The number of carboxylic acid groups (broad SMARTS) is 1. The molecular formula is C14H15F3N2O3. The number of carboxylic acids is 1. The van der Waals surface area contributed by atoms with Crippen LogP contribution >= 0.6 is 0 Å². The number of carbonyl (C=O) groups excluding carboxylic acids is 1. The second-order valence-corrected chi connectivity index (χ2v) is 5.33. The summed E-state index contributed by atoms with van der Waals surface area (Å²) in [6, 6.07) is 1.69. The highest BCUT2D eigenvalue weighted by molar-refractivity contribution is 5.96. The lowest BCUT2D eigenvalue weighted by Crippen LogP contribution is -2.55. The Bertz CT molecular complexity index is 564. The average molecular weight is 316 g/mol. The van der Waals surface area contributed by atoms with E-state index in [9.17, 15) is 27.9 Å². The summed E-state index contributed by atoms with van der Waals surface area (Å²) < 4.78 is 37.3. The number of nitrogens with one attached hydrogen (secondary N) is 1. The van der Waals surface area contributed by atoms with E-state index in [0.29, 0.717) is 31.9 Å². The van der Waals surface area contributed by atoms with Gasteiger partial charge in [0.2, 0.25) is 0 Å². The Labute approximate surface area is 124 Å².